The number of hydrogen-bond acceptors (Lipinski definition) is 6. The van der Waals surface area contributed by atoms with Gasteiger partial charge in [-0.25, -0.2) is 9.36 Å². The van der Waals surface area contributed by atoms with Crippen molar-refractivity contribution in [1.29, 1.82) is 0 Å². The average molecular weight is 564 g/mol. The Morgan fingerprint density at radius 2 is 1.81 bits per heavy atom. The molecule has 1 aliphatic heterocycles. The number of ether oxygens (including phenoxy) is 1. The van der Waals surface area contributed by atoms with Crippen LogP contribution in [0.5, 0.6) is 0 Å². The minimum atomic E-state index is -4.67. The van der Waals surface area contributed by atoms with E-state index in [1.807, 2.05) is 27.7 Å². The molecule has 11 nitrogen and oxygen atoms in total. The number of urea groups is 1. The Hall–Kier alpha value is -1.72. The van der Waals surface area contributed by atoms with Gasteiger partial charge in [0.15, 0.2) is 6.79 Å². The third-order valence-electron chi connectivity index (χ3n) is 6.65. The molecule has 0 bridgehead atoms. The molecule has 0 radical (unpaired) electrons. The number of benzene rings is 1. The summed E-state index contributed by atoms with van der Waals surface area (Å²) in [6.45, 7) is 10.6. The minimum absolute atomic E-state index is 0.00672. The van der Waals surface area contributed by atoms with Crippen molar-refractivity contribution in [3.63, 3.8) is 0 Å². The molecular weight excluding hydrogens is 525 g/mol. The molecule has 0 spiro atoms. The van der Waals surface area contributed by atoms with E-state index < -0.39 is 43.3 Å². The van der Waals surface area contributed by atoms with Gasteiger partial charge in [-0.2, -0.15) is 0 Å². The number of carbonyl (C=O) groups is 2. The van der Waals surface area contributed by atoms with Gasteiger partial charge < -0.3 is 35.2 Å². The molecule has 1 heterocycles. The second kappa shape index (κ2) is 12.0. The predicted octanol–water partition coefficient (Wildman–Crippen LogP) is 2.97. The van der Waals surface area contributed by atoms with Crippen molar-refractivity contribution in [3.8, 4) is 0 Å². The first-order valence-corrected chi connectivity index (χ1v) is 13.9. The van der Waals surface area contributed by atoms with Crippen molar-refractivity contribution < 1.29 is 38.3 Å². The summed E-state index contributed by atoms with van der Waals surface area (Å²) in [5.74, 6) is -0.457. The topological polar surface area (TPSA) is 158 Å². The smallest absolute Gasteiger partial charge is 0.384 e. The Labute approximate surface area is 223 Å². The molecule has 1 aromatic rings. The van der Waals surface area contributed by atoms with Crippen LogP contribution in [0.25, 0.3) is 0 Å². The van der Waals surface area contributed by atoms with Crippen molar-refractivity contribution in [2.75, 3.05) is 26.4 Å². The number of carbonyl (C=O) groups excluding carboxylic acids is 2. The van der Waals surface area contributed by atoms with Gasteiger partial charge in [-0.15, -0.1) is 0 Å². The Morgan fingerprint density at radius 3 is 2.32 bits per heavy atom. The van der Waals surface area contributed by atoms with Crippen LogP contribution in [0.2, 0.25) is 5.02 Å². The van der Waals surface area contributed by atoms with Crippen molar-refractivity contribution >= 4 is 31.4 Å². The van der Waals surface area contributed by atoms with Crippen LogP contribution in [0.15, 0.2) is 24.3 Å². The molecule has 0 saturated carbocycles. The molecule has 1 aromatic carbocycles. The zero-order chi connectivity index (χ0) is 28.2. The molecule has 1 saturated heterocycles. The standard InChI is InChI=1S/C24H39ClN3O8P/c1-16(2)19(27-21(30)26-13-23(5,6)35-15-36-37(32,33)34)20(29)28-12-11-24(31,22(3,4)14-28)17-7-9-18(25)10-8-17/h7-10,16,19,31H,11-15H2,1-6H3,(H2,26,27,30)(H2,32,33,34)/t19?,24-/m0/s1. The SMILES string of the molecule is CC(C)C(NC(=O)NCC(C)(C)OCOP(=O)(O)O)C(=O)N1CC[C@](O)(c2ccc(Cl)cc2)C(C)(C)C1. The number of phosphoric ester groups is 1. The molecule has 1 aliphatic rings. The first kappa shape index (κ1) is 31.5. The fourth-order valence-corrected chi connectivity index (χ4v) is 4.59. The lowest BCUT2D eigenvalue weighted by molar-refractivity contribution is -0.155. The minimum Gasteiger partial charge on any atom is -0.384 e. The van der Waals surface area contributed by atoms with Crippen LogP contribution in [-0.2, 0) is 24.2 Å². The van der Waals surface area contributed by atoms with Crippen LogP contribution in [-0.4, -0.2) is 69.8 Å². The maximum Gasteiger partial charge on any atom is 0.471 e. The number of hydrogen-bond donors (Lipinski definition) is 5. The molecule has 1 fully saturated rings. The number of phosphoric acid groups is 1. The third-order valence-corrected chi connectivity index (χ3v) is 7.34. The summed E-state index contributed by atoms with van der Waals surface area (Å²) in [6.07, 6.45) is 0.326. The number of nitrogens with zero attached hydrogens (tertiary/aromatic N) is 1. The average Bonchev–Trinajstić information content (AvgIpc) is 2.76. The third kappa shape index (κ3) is 8.64. The summed E-state index contributed by atoms with van der Waals surface area (Å²) in [5.41, 5.74) is -2.08. The molecule has 2 rings (SSSR count). The van der Waals surface area contributed by atoms with Crippen LogP contribution in [0, 0.1) is 11.3 Å². The van der Waals surface area contributed by atoms with Gasteiger partial charge >= 0.3 is 13.9 Å². The predicted molar refractivity (Wildman–Crippen MR) is 139 cm³/mol. The molecular formula is C24H39ClN3O8P. The lowest BCUT2D eigenvalue weighted by atomic mass is 9.66. The molecule has 37 heavy (non-hydrogen) atoms. The Morgan fingerprint density at radius 1 is 1.22 bits per heavy atom. The highest BCUT2D eigenvalue weighted by Crippen LogP contribution is 2.46. The molecule has 210 valence electrons. The van der Waals surface area contributed by atoms with Crippen LogP contribution in [0.1, 0.15) is 53.5 Å². The Balaban J connectivity index is 2.00. The summed E-state index contributed by atoms with van der Waals surface area (Å²) in [4.78, 5) is 45.2. The molecule has 13 heteroatoms. The van der Waals surface area contributed by atoms with Gasteiger partial charge in [-0.05, 0) is 43.9 Å². The second-order valence-corrected chi connectivity index (χ2v) is 12.6. The highest BCUT2D eigenvalue weighted by molar-refractivity contribution is 7.46. The highest BCUT2D eigenvalue weighted by atomic mass is 35.5. The second-order valence-electron chi connectivity index (χ2n) is 11.0. The summed E-state index contributed by atoms with van der Waals surface area (Å²) in [6, 6.07) is 5.67. The van der Waals surface area contributed by atoms with Gasteiger partial charge in [0.1, 0.15) is 6.04 Å². The normalized spacial score (nSPS) is 21.0. The van der Waals surface area contributed by atoms with E-state index in [1.54, 1.807) is 43.0 Å². The summed E-state index contributed by atoms with van der Waals surface area (Å²) >= 11 is 6.01. The lowest BCUT2D eigenvalue weighted by Crippen LogP contribution is -2.61. The zero-order valence-electron chi connectivity index (χ0n) is 22.2. The number of nitrogens with one attached hydrogen (secondary N) is 2. The van der Waals surface area contributed by atoms with E-state index in [9.17, 15) is 19.3 Å². The number of rotatable bonds is 10. The fraction of sp³-hybridized carbons (Fsp3) is 0.667. The fourth-order valence-electron chi connectivity index (χ4n) is 4.27. The Bertz CT molecular complexity index is 998. The van der Waals surface area contributed by atoms with Crippen molar-refractivity contribution in [2.24, 2.45) is 11.3 Å². The molecule has 3 amide bonds. The van der Waals surface area contributed by atoms with E-state index in [0.29, 0.717) is 18.0 Å². The van der Waals surface area contributed by atoms with E-state index in [-0.39, 0.29) is 24.9 Å². The van der Waals surface area contributed by atoms with Crippen molar-refractivity contribution in [2.45, 2.75) is 65.2 Å². The summed E-state index contributed by atoms with van der Waals surface area (Å²) in [7, 11) is -4.67. The van der Waals surface area contributed by atoms with Crippen molar-refractivity contribution in [3.05, 3.63) is 34.9 Å². The van der Waals surface area contributed by atoms with E-state index in [0.717, 1.165) is 5.56 Å². The van der Waals surface area contributed by atoms with E-state index in [1.165, 1.54) is 0 Å². The highest BCUT2D eigenvalue weighted by Gasteiger charge is 2.50. The molecule has 0 aromatic heterocycles. The first-order valence-electron chi connectivity index (χ1n) is 12.0. The van der Waals surface area contributed by atoms with Crippen LogP contribution in [0.3, 0.4) is 0 Å². The van der Waals surface area contributed by atoms with Crippen LogP contribution >= 0.6 is 19.4 Å². The largest absolute Gasteiger partial charge is 0.471 e. The number of halogens is 1. The maximum atomic E-state index is 13.5. The number of amides is 3. The molecule has 1 unspecified atom stereocenters. The van der Waals surface area contributed by atoms with E-state index >= 15 is 0 Å². The molecule has 5 N–H and O–H groups in total. The summed E-state index contributed by atoms with van der Waals surface area (Å²) < 4.78 is 20.3. The van der Waals surface area contributed by atoms with Gasteiger partial charge in [-0.1, -0.05) is 51.4 Å². The molecule has 0 aliphatic carbocycles. The van der Waals surface area contributed by atoms with Gasteiger partial charge in [0.05, 0.1) is 11.2 Å². The van der Waals surface area contributed by atoms with Gasteiger partial charge in [-0.3, -0.25) is 9.32 Å². The van der Waals surface area contributed by atoms with Crippen molar-refractivity contribution in [1.82, 2.24) is 15.5 Å². The van der Waals surface area contributed by atoms with Gasteiger partial charge in [0.2, 0.25) is 5.91 Å². The quantitative estimate of drug-likeness (QED) is 0.215. The monoisotopic (exact) mass is 563 g/mol. The zero-order valence-corrected chi connectivity index (χ0v) is 23.8. The Kier molecular flexibility index (Phi) is 10.2. The maximum absolute atomic E-state index is 13.5. The summed E-state index contributed by atoms with van der Waals surface area (Å²) in [5, 5.41) is 17.5. The number of piperidine rings is 1. The van der Waals surface area contributed by atoms with Crippen LogP contribution in [0.4, 0.5) is 4.79 Å². The van der Waals surface area contributed by atoms with Gasteiger partial charge in [0, 0.05) is 30.1 Å². The van der Waals surface area contributed by atoms with E-state index in [4.69, 9.17) is 26.1 Å². The van der Waals surface area contributed by atoms with Gasteiger partial charge in [0.25, 0.3) is 0 Å². The number of aliphatic hydroxyl groups is 1. The number of likely N-dealkylation sites (tertiary alicyclic amines) is 1. The first-order chi connectivity index (χ1) is 16.9. The van der Waals surface area contributed by atoms with E-state index in [2.05, 4.69) is 15.2 Å². The van der Waals surface area contributed by atoms with Crippen LogP contribution < -0.4 is 10.6 Å². The lowest BCUT2D eigenvalue weighted by Gasteiger charge is -2.51. The molecule has 2 atom stereocenters.